The van der Waals surface area contributed by atoms with Crippen LogP contribution in [-0.4, -0.2) is 30.9 Å². The number of Topliss-reactive ketones (excluding diaryl/α,β-unsaturated/α-hetero) is 1. The zero-order valence-corrected chi connectivity index (χ0v) is 10.2. The van der Waals surface area contributed by atoms with E-state index in [1.54, 1.807) is 0 Å². The van der Waals surface area contributed by atoms with E-state index >= 15 is 0 Å². The number of methoxy groups -OCH3 is 1. The molecule has 1 aliphatic heterocycles. The van der Waals surface area contributed by atoms with Crippen LogP contribution in [0.5, 0.6) is 0 Å². The second kappa shape index (κ2) is 6.74. The van der Waals surface area contributed by atoms with Crippen molar-refractivity contribution in [3.63, 3.8) is 0 Å². The summed E-state index contributed by atoms with van der Waals surface area (Å²) in [6, 6.07) is 1.95. The van der Waals surface area contributed by atoms with E-state index in [0.29, 0.717) is 6.42 Å². The number of carbonyl (C=O) groups is 3. The lowest BCUT2D eigenvalue weighted by Crippen LogP contribution is -2.24. The number of cyclic esters (lactones) is 1. The average molecular weight is 253 g/mol. The first-order valence-corrected chi connectivity index (χ1v) is 5.74. The smallest absolute Gasteiger partial charge is 0.306 e. The molecule has 98 valence electrons. The van der Waals surface area contributed by atoms with Gasteiger partial charge in [0.1, 0.15) is 11.9 Å². The van der Waals surface area contributed by atoms with E-state index in [1.807, 2.05) is 6.07 Å². The molecule has 2 atom stereocenters. The van der Waals surface area contributed by atoms with Crippen LogP contribution in [0.25, 0.3) is 0 Å². The van der Waals surface area contributed by atoms with Crippen molar-refractivity contribution in [1.82, 2.24) is 0 Å². The fourth-order valence-electron chi connectivity index (χ4n) is 1.91. The molecular formula is C12H15NO5. The lowest BCUT2D eigenvalue weighted by atomic mass is 9.91. The van der Waals surface area contributed by atoms with Crippen LogP contribution in [0.1, 0.15) is 32.1 Å². The summed E-state index contributed by atoms with van der Waals surface area (Å²) in [7, 11) is 1.25. The number of rotatable bonds is 6. The molecule has 0 saturated carbocycles. The molecule has 1 heterocycles. The third kappa shape index (κ3) is 3.84. The monoisotopic (exact) mass is 253 g/mol. The van der Waals surface area contributed by atoms with Crippen molar-refractivity contribution < 1.29 is 23.9 Å². The Morgan fingerprint density at radius 2 is 2.22 bits per heavy atom. The van der Waals surface area contributed by atoms with Gasteiger partial charge < -0.3 is 9.47 Å². The van der Waals surface area contributed by atoms with Crippen molar-refractivity contribution >= 4 is 17.7 Å². The Labute approximate surface area is 105 Å². The van der Waals surface area contributed by atoms with Gasteiger partial charge in [-0.05, 0) is 6.42 Å². The second-order valence-corrected chi connectivity index (χ2v) is 4.08. The summed E-state index contributed by atoms with van der Waals surface area (Å²) in [6.07, 6.45) is 0.149. The van der Waals surface area contributed by atoms with Crippen LogP contribution in [0.4, 0.5) is 0 Å². The van der Waals surface area contributed by atoms with Gasteiger partial charge in [0.25, 0.3) is 0 Å². The number of ketones is 1. The first-order chi connectivity index (χ1) is 8.58. The van der Waals surface area contributed by atoms with Crippen LogP contribution >= 0.6 is 0 Å². The molecule has 0 aromatic rings. The Hall–Kier alpha value is -1.90. The normalized spacial score (nSPS) is 22.1. The van der Waals surface area contributed by atoms with Crippen molar-refractivity contribution in [3.8, 4) is 6.07 Å². The Morgan fingerprint density at radius 3 is 2.83 bits per heavy atom. The SMILES string of the molecule is COC(=O)CCC(=O)[C@H]1CC(=O)O[C@@H]1CCC#N. The minimum atomic E-state index is -0.532. The number of ether oxygens (including phenoxy) is 2. The van der Waals surface area contributed by atoms with E-state index in [4.69, 9.17) is 10.00 Å². The van der Waals surface area contributed by atoms with Gasteiger partial charge in [-0.15, -0.1) is 0 Å². The third-order valence-corrected chi connectivity index (χ3v) is 2.88. The molecule has 18 heavy (non-hydrogen) atoms. The Balaban J connectivity index is 2.51. The summed E-state index contributed by atoms with van der Waals surface area (Å²) in [6.45, 7) is 0. The lowest BCUT2D eigenvalue weighted by molar-refractivity contribution is -0.143. The maximum atomic E-state index is 11.9. The molecule has 0 radical (unpaired) electrons. The highest BCUT2D eigenvalue weighted by atomic mass is 16.6. The molecule has 1 rings (SSSR count). The molecule has 1 fully saturated rings. The lowest BCUT2D eigenvalue weighted by Gasteiger charge is -2.14. The van der Waals surface area contributed by atoms with Gasteiger partial charge in [0.05, 0.1) is 31.9 Å². The Morgan fingerprint density at radius 1 is 1.50 bits per heavy atom. The summed E-state index contributed by atoms with van der Waals surface area (Å²) in [4.78, 5) is 34.0. The van der Waals surface area contributed by atoms with E-state index in [2.05, 4.69) is 4.74 Å². The summed E-state index contributed by atoms with van der Waals surface area (Å²) < 4.78 is 9.45. The quantitative estimate of drug-likeness (QED) is 0.648. The van der Waals surface area contributed by atoms with E-state index in [0.717, 1.165) is 0 Å². The fraction of sp³-hybridized carbons (Fsp3) is 0.667. The number of nitriles is 1. The molecule has 0 aliphatic carbocycles. The minimum Gasteiger partial charge on any atom is -0.469 e. The van der Waals surface area contributed by atoms with Crippen molar-refractivity contribution in [2.24, 2.45) is 5.92 Å². The molecule has 0 bridgehead atoms. The Kier molecular flexibility index (Phi) is 5.31. The second-order valence-electron chi connectivity index (χ2n) is 4.08. The molecule has 1 saturated heterocycles. The molecule has 0 amide bonds. The molecule has 6 heteroatoms. The van der Waals surface area contributed by atoms with Gasteiger partial charge in [0, 0.05) is 12.8 Å². The first-order valence-electron chi connectivity index (χ1n) is 5.74. The van der Waals surface area contributed by atoms with Crippen molar-refractivity contribution in [1.29, 1.82) is 5.26 Å². The molecule has 0 spiro atoms. The summed E-state index contributed by atoms with van der Waals surface area (Å²) >= 11 is 0. The number of hydrogen-bond donors (Lipinski definition) is 0. The van der Waals surface area contributed by atoms with Gasteiger partial charge in [-0.3, -0.25) is 14.4 Å². The fourth-order valence-corrected chi connectivity index (χ4v) is 1.91. The van der Waals surface area contributed by atoms with Crippen LogP contribution in [0.2, 0.25) is 0 Å². The molecule has 0 unspecified atom stereocenters. The topological polar surface area (TPSA) is 93.5 Å². The molecule has 6 nitrogen and oxygen atoms in total. The first kappa shape index (κ1) is 14.2. The van der Waals surface area contributed by atoms with Crippen LogP contribution in [0.3, 0.4) is 0 Å². The van der Waals surface area contributed by atoms with Crippen LogP contribution in [-0.2, 0) is 23.9 Å². The van der Waals surface area contributed by atoms with E-state index in [9.17, 15) is 14.4 Å². The van der Waals surface area contributed by atoms with Gasteiger partial charge in [0.2, 0.25) is 0 Å². The maximum Gasteiger partial charge on any atom is 0.306 e. The summed E-state index contributed by atoms with van der Waals surface area (Å²) in [5, 5.41) is 8.49. The van der Waals surface area contributed by atoms with E-state index < -0.39 is 24.0 Å². The predicted octanol–water partition coefficient (Wildman–Crippen LogP) is 0.744. The van der Waals surface area contributed by atoms with Crippen molar-refractivity contribution in [2.75, 3.05) is 7.11 Å². The largest absolute Gasteiger partial charge is 0.469 e. The van der Waals surface area contributed by atoms with Crippen LogP contribution in [0, 0.1) is 17.2 Å². The van der Waals surface area contributed by atoms with Crippen molar-refractivity contribution in [2.45, 2.75) is 38.2 Å². The molecular weight excluding hydrogens is 238 g/mol. The van der Waals surface area contributed by atoms with Gasteiger partial charge in [-0.1, -0.05) is 0 Å². The number of nitrogens with zero attached hydrogens (tertiary/aromatic N) is 1. The highest BCUT2D eigenvalue weighted by Crippen LogP contribution is 2.27. The minimum absolute atomic E-state index is 0.00495. The van der Waals surface area contributed by atoms with Gasteiger partial charge in [0.15, 0.2) is 0 Å². The molecule has 0 N–H and O–H groups in total. The van der Waals surface area contributed by atoms with Gasteiger partial charge in [-0.2, -0.15) is 5.26 Å². The third-order valence-electron chi connectivity index (χ3n) is 2.88. The van der Waals surface area contributed by atoms with E-state index in [-0.39, 0.29) is 31.5 Å². The molecule has 0 aromatic heterocycles. The van der Waals surface area contributed by atoms with Crippen LogP contribution in [0.15, 0.2) is 0 Å². The molecule has 0 aromatic carbocycles. The summed E-state index contributed by atoms with van der Waals surface area (Å²) in [5.74, 6) is -1.60. The van der Waals surface area contributed by atoms with Gasteiger partial charge in [-0.25, -0.2) is 0 Å². The standard InChI is InChI=1S/C12H15NO5/c1-17-11(15)5-4-9(14)8-7-12(16)18-10(8)3-2-6-13/h8,10H,2-5,7H2,1H3/t8-,10-/m1/s1. The highest BCUT2D eigenvalue weighted by molar-refractivity contribution is 5.90. The highest BCUT2D eigenvalue weighted by Gasteiger charge is 2.38. The Bertz CT molecular complexity index is 384. The zero-order valence-electron chi connectivity index (χ0n) is 10.2. The number of esters is 2. The summed E-state index contributed by atoms with van der Waals surface area (Å²) in [5.41, 5.74) is 0. The predicted molar refractivity (Wildman–Crippen MR) is 59.1 cm³/mol. The zero-order chi connectivity index (χ0) is 13.5. The average Bonchev–Trinajstić information content (AvgIpc) is 2.74. The van der Waals surface area contributed by atoms with Crippen LogP contribution < -0.4 is 0 Å². The molecule has 1 aliphatic rings. The number of hydrogen-bond acceptors (Lipinski definition) is 6. The maximum absolute atomic E-state index is 11.9. The van der Waals surface area contributed by atoms with Gasteiger partial charge >= 0.3 is 11.9 Å². The van der Waals surface area contributed by atoms with E-state index in [1.165, 1.54) is 7.11 Å². The van der Waals surface area contributed by atoms with Crippen molar-refractivity contribution in [3.05, 3.63) is 0 Å². The number of carbonyl (C=O) groups excluding carboxylic acids is 3.